The van der Waals surface area contributed by atoms with E-state index in [1.807, 2.05) is 6.92 Å². The molecule has 0 spiro atoms. The van der Waals surface area contributed by atoms with Crippen LogP contribution >= 0.6 is 0 Å². The van der Waals surface area contributed by atoms with Gasteiger partial charge in [0.2, 0.25) is 5.91 Å². The van der Waals surface area contributed by atoms with E-state index in [9.17, 15) is 14.0 Å². The highest BCUT2D eigenvalue weighted by Crippen LogP contribution is 2.07. The second kappa shape index (κ2) is 7.51. The van der Waals surface area contributed by atoms with Gasteiger partial charge in [0.1, 0.15) is 12.4 Å². The fraction of sp³-hybridized carbons (Fsp3) is 0.429. The minimum Gasteiger partial charge on any atom is -0.468 e. The summed E-state index contributed by atoms with van der Waals surface area (Å²) in [6.07, 6.45) is 0.820. The molecule has 0 saturated heterocycles. The van der Waals surface area contributed by atoms with Crippen molar-refractivity contribution in [3.63, 3.8) is 0 Å². The molecule has 0 fully saturated rings. The Bertz CT molecular complexity index is 448. The Labute approximate surface area is 112 Å². The molecule has 0 saturated carbocycles. The van der Waals surface area contributed by atoms with E-state index in [0.29, 0.717) is 12.1 Å². The van der Waals surface area contributed by atoms with Gasteiger partial charge in [0.05, 0.1) is 13.5 Å². The standard InChI is InChI=1S/C14H18FNO3/c1-3-7-16(10-14(18)19-2)13(17)9-11-5-4-6-12(15)8-11/h4-6,8H,3,7,9-10H2,1-2H3. The number of methoxy groups -OCH3 is 1. The SMILES string of the molecule is CCCN(CC(=O)OC)C(=O)Cc1cccc(F)c1. The molecular weight excluding hydrogens is 249 g/mol. The average Bonchev–Trinajstić information content (AvgIpc) is 2.38. The topological polar surface area (TPSA) is 46.6 Å². The summed E-state index contributed by atoms with van der Waals surface area (Å²) < 4.78 is 17.6. The summed E-state index contributed by atoms with van der Waals surface area (Å²) in [5, 5.41) is 0. The second-order valence-electron chi connectivity index (χ2n) is 4.20. The van der Waals surface area contributed by atoms with Crippen LogP contribution in [-0.2, 0) is 20.7 Å². The van der Waals surface area contributed by atoms with Gasteiger partial charge in [0.15, 0.2) is 0 Å². The first-order valence-electron chi connectivity index (χ1n) is 6.15. The number of nitrogens with zero attached hydrogens (tertiary/aromatic N) is 1. The first kappa shape index (κ1) is 15.1. The Morgan fingerprint density at radius 1 is 1.37 bits per heavy atom. The zero-order chi connectivity index (χ0) is 14.3. The zero-order valence-corrected chi connectivity index (χ0v) is 11.2. The van der Waals surface area contributed by atoms with Crippen LogP contribution in [0.2, 0.25) is 0 Å². The third-order valence-corrected chi connectivity index (χ3v) is 2.64. The Morgan fingerprint density at radius 2 is 2.11 bits per heavy atom. The monoisotopic (exact) mass is 267 g/mol. The molecule has 0 atom stereocenters. The lowest BCUT2D eigenvalue weighted by Crippen LogP contribution is -2.37. The van der Waals surface area contributed by atoms with Gasteiger partial charge < -0.3 is 9.64 Å². The number of rotatable bonds is 6. The van der Waals surface area contributed by atoms with E-state index in [2.05, 4.69) is 4.74 Å². The number of carbonyl (C=O) groups is 2. The normalized spacial score (nSPS) is 10.1. The van der Waals surface area contributed by atoms with Crippen molar-refractivity contribution in [2.24, 2.45) is 0 Å². The van der Waals surface area contributed by atoms with Crippen molar-refractivity contribution in [2.45, 2.75) is 19.8 Å². The van der Waals surface area contributed by atoms with Crippen LogP contribution in [0, 0.1) is 5.82 Å². The van der Waals surface area contributed by atoms with Crippen LogP contribution < -0.4 is 0 Å². The van der Waals surface area contributed by atoms with Crippen LogP contribution in [0.15, 0.2) is 24.3 Å². The molecule has 0 heterocycles. The number of esters is 1. The Kier molecular flexibility index (Phi) is 5.99. The number of hydrogen-bond donors (Lipinski definition) is 0. The lowest BCUT2D eigenvalue weighted by molar-refractivity contribution is -0.146. The number of hydrogen-bond acceptors (Lipinski definition) is 3. The number of ether oxygens (including phenoxy) is 1. The third kappa shape index (κ3) is 5.07. The van der Waals surface area contributed by atoms with Gasteiger partial charge in [-0.2, -0.15) is 0 Å². The molecule has 0 aliphatic rings. The minimum absolute atomic E-state index is 0.0709. The molecule has 0 radical (unpaired) electrons. The lowest BCUT2D eigenvalue weighted by atomic mass is 10.1. The molecule has 0 aliphatic carbocycles. The Hall–Kier alpha value is -1.91. The fourth-order valence-corrected chi connectivity index (χ4v) is 1.72. The summed E-state index contributed by atoms with van der Waals surface area (Å²) in [7, 11) is 1.28. The first-order valence-corrected chi connectivity index (χ1v) is 6.15. The van der Waals surface area contributed by atoms with E-state index >= 15 is 0 Å². The summed E-state index contributed by atoms with van der Waals surface area (Å²) in [5.74, 6) is -1.04. The second-order valence-corrected chi connectivity index (χ2v) is 4.20. The van der Waals surface area contributed by atoms with Gasteiger partial charge >= 0.3 is 5.97 Å². The summed E-state index contributed by atoms with van der Waals surface area (Å²) in [4.78, 5) is 24.7. The quantitative estimate of drug-likeness (QED) is 0.738. The highest BCUT2D eigenvalue weighted by Gasteiger charge is 2.17. The molecule has 1 aromatic rings. The molecule has 0 aromatic heterocycles. The summed E-state index contributed by atoms with van der Waals surface area (Å²) in [6, 6.07) is 5.89. The van der Waals surface area contributed by atoms with Crippen LogP contribution in [0.4, 0.5) is 4.39 Å². The molecule has 5 heteroatoms. The van der Waals surface area contributed by atoms with Gasteiger partial charge in [-0.3, -0.25) is 9.59 Å². The maximum absolute atomic E-state index is 13.0. The number of benzene rings is 1. The van der Waals surface area contributed by atoms with Crippen LogP contribution in [-0.4, -0.2) is 37.0 Å². The highest BCUT2D eigenvalue weighted by atomic mass is 19.1. The molecule has 104 valence electrons. The molecule has 4 nitrogen and oxygen atoms in total. The maximum atomic E-state index is 13.0. The van der Waals surface area contributed by atoms with Crippen molar-refractivity contribution < 1.29 is 18.7 Å². The van der Waals surface area contributed by atoms with Gasteiger partial charge in [-0.05, 0) is 24.1 Å². The van der Waals surface area contributed by atoms with Crippen molar-refractivity contribution in [3.8, 4) is 0 Å². The number of amides is 1. The molecule has 0 bridgehead atoms. The summed E-state index contributed by atoms with van der Waals surface area (Å²) in [5.41, 5.74) is 0.593. The molecule has 0 N–H and O–H groups in total. The van der Waals surface area contributed by atoms with E-state index in [-0.39, 0.29) is 24.7 Å². The molecule has 0 unspecified atom stereocenters. The van der Waals surface area contributed by atoms with E-state index < -0.39 is 5.97 Å². The molecule has 19 heavy (non-hydrogen) atoms. The minimum atomic E-state index is -0.457. The Morgan fingerprint density at radius 3 is 2.68 bits per heavy atom. The van der Waals surface area contributed by atoms with Crippen molar-refractivity contribution in [1.29, 1.82) is 0 Å². The zero-order valence-electron chi connectivity index (χ0n) is 11.2. The molecule has 1 aromatic carbocycles. The largest absolute Gasteiger partial charge is 0.468 e. The molecule has 1 rings (SSSR count). The molecule has 1 amide bonds. The van der Waals surface area contributed by atoms with Crippen molar-refractivity contribution >= 4 is 11.9 Å². The number of halogens is 1. The van der Waals surface area contributed by atoms with Gasteiger partial charge in [0.25, 0.3) is 0 Å². The van der Waals surface area contributed by atoms with E-state index in [4.69, 9.17) is 0 Å². The van der Waals surface area contributed by atoms with Crippen molar-refractivity contribution in [1.82, 2.24) is 4.90 Å². The predicted molar refractivity (Wildman–Crippen MR) is 69.0 cm³/mol. The maximum Gasteiger partial charge on any atom is 0.325 e. The number of carbonyl (C=O) groups excluding carboxylic acids is 2. The lowest BCUT2D eigenvalue weighted by Gasteiger charge is -2.20. The first-order chi connectivity index (χ1) is 9.06. The summed E-state index contributed by atoms with van der Waals surface area (Å²) in [6.45, 7) is 2.32. The smallest absolute Gasteiger partial charge is 0.325 e. The third-order valence-electron chi connectivity index (χ3n) is 2.64. The Balaban J connectivity index is 2.68. The van der Waals surface area contributed by atoms with E-state index in [1.165, 1.54) is 24.1 Å². The van der Waals surface area contributed by atoms with Crippen LogP contribution in [0.25, 0.3) is 0 Å². The van der Waals surface area contributed by atoms with Crippen LogP contribution in [0.3, 0.4) is 0 Å². The molecule has 0 aliphatic heterocycles. The van der Waals surface area contributed by atoms with Crippen molar-refractivity contribution in [3.05, 3.63) is 35.6 Å². The van der Waals surface area contributed by atoms with Gasteiger partial charge in [0, 0.05) is 6.54 Å². The fourth-order valence-electron chi connectivity index (χ4n) is 1.72. The van der Waals surface area contributed by atoms with Crippen molar-refractivity contribution in [2.75, 3.05) is 20.2 Å². The van der Waals surface area contributed by atoms with Gasteiger partial charge in [-0.25, -0.2) is 4.39 Å². The highest BCUT2D eigenvalue weighted by molar-refractivity contribution is 5.83. The van der Waals surface area contributed by atoms with E-state index in [0.717, 1.165) is 6.42 Å². The van der Waals surface area contributed by atoms with Gasteiger partial charge in [-0.15, -0.1) is 0 Å². The van der Waals surface area contributed by atoms with Gasteiger partial charge in [-0.1, -0.05) is 19.1 Å². The average molecular weight is 267 g/mol. The molecular formula is C14H18FNO3. The van der Waals surface area contributed by atoms with Crippen LogP contribution in [0.5, 0.6) is 0 Å². The summed E-state index contributed by atoms with van der Waals surface area (Å²) >= 11 is 0. The van der Waals surface area contributed by atoms with Crippen LogP contribution in [0.1, 0.15) is 18.9 Å². The van der Waals surface area contributed by atoms with E-state index in [1.54, 1.807) is 12.1 Å². The predicted octanol–water partition coefficient (Wildman–Crippen LogP) is 1.78.